The highest BCUT2D eigenvalue weighted by Crippen LogP contribution is 2.49. The van der Waals surface area contributed by atoms with Crippen molar-refractivity contribution in [3.8, 4) is 11.1 Å². The molecule has 0 aliphatic heterocycles. The number of H-pyrrole nitrogens is 3. The zero-order valence-electron chi connectivity index (χ0n) is 65.9. The van der Waals surface area contributed by atoms with Crippen LogP contribution < -0.4 is 4.90 Å². The van der Waals surface area contributed by atoms with Crippen molar-refractivity contribution in [2.75, 3.05) is 4.90 Å². The lowest BCUT2D eigenvalue weighted by molar-refractivity contribution is 0.668. The van der Waals surface area contributed by atoms with E-state index in [0.29, 0.717) is 0 Å². The van der Waals surface area contributed by atoms with Crippen LogP contribution in [-0.2, 0) is 6.42 Å². The number of para-hydroxylation sites is 2. The van der Waals surface area contributed by atoms with Gasteiger partial charge in [-0.3, -0.25) is 0 Å². The summed E-state index contributed by atoms with van der Waals surface area (Å²) in [5.41, 5.74) is 25.2. The van der Waals surface area contributed by atoms with E-state index in [1.54, 1.807) is 0 Å². The van der Waals surface area contributed by atoms with Gasteiger partial charge in [0.05, 0.1) is 5.52 Å². The molecule has 26 aromatic rings. The molecule has 1 aliphatic carbocycles. The first kappa shape index (κ1) is 69.1. The molecule has 0 radical (unpaired) electrons. The SMILES string of the molecule is C/C=C/c1ccc2[nH]c3cc4oc5c6ccccc6c6ccccc6c5c4cc3c2c1.C/C=C/c1ccc2sc3cc4c(cc3c2c1)[nH]c1ccc2ccccc2c14.Cc1ccc2[nH]c3cc4c(cc3c2c1)oc1ccc2ccccc2c14.c1ccc(N(c2ccccc2)c2ccc3oc4cc5c(cc4c3c2)-c2c(ccc3ccccc23)C5)cc1. The van der Waals surface area contributed by atoms with Gasteiger partial charge in [-0.25, -0.2) is 0 Å². The van der Waals surface area contributed by atoms with E-state index in [0.717, 1.165) is 89.7 Å². The van der Waals surface area contributed by atoms with Gasteiger partial charge in [0.1, 0.15) is 33.5 Å². The smallest absolute Gasteiger partial charge is 0.143 e. The Labute approximate surface area is 692 Å². The first-order chi connectivity index (χ1) is 59.2. The molecule has 19 aromatic carbocycles. The second kappa shape index (κ2) is 27.5. The van der Waals surface area contributed by atoms with Crippen LogP contribution in [0.15, 0.2) is 365 Å². The number of thiophene rings is 1. The van der Waals surface area contributed by atoms with Gasteiger partial charge in [0.15, 0.2) is 0 Å². The summed E-state index contributed by atoms with van der Waals surface area (Å²) in [7, 11) is 0. The minimum Gasteiger partial charge on any atom is -0.456 e. The molecule has 8 heteroatoms. The van der Waals surface area contributed by atoms with Gasteiger partial charge in [-0.15, -0.1) is 11.3 Å². The minimum absolute atomic E-state index is 0.918. The molecule has 1 aliphatic rings. The Morgan fingerprint density at radius 1 is 0.283 bits per heavy atom. The number of aromatic amines is 3. The third-order valence-corrected chi connectivity index (χ3v) is 25.9. The number of rotatable bonds is 5. The lowest BCUT2D eigenvalue weighted by atomic mass is 9.96. The molecule has 0 atom stereocenters. The molecule has 566 valence electrons. The molecule has 0 bridgehead atoms. The van der Waals surface area contributed by atoms with Gasteiger partial charge in [-0.05, 0) is 243 Å². The molecule has 0 spiro atoms. The van der Waals surface area contributed by atoms with Crippen molar-refractivity contribution in [3.05, 3.63) is 380 Å². The van der Waals surface area contributed by atoms with Crippen molar-refractivity contribution in [1.29, 1.82) is 0 Å². The summed E-state index contributed by atoms with van der Waals surface area (Å²) < 4.78 is 21.8. The maximum atomic E-state index is 6.51. The fourth-order valence-electron chi connectivity index (χ4n) is 19.4. The molecule has 0 saturated heterocycles. The maximum absolute atomic E-state index is 6.51. The average Bonchev–Trinajstić information content (AvgIpc) is 1.55. The maximum Gasteiger partial charge on any atom is 0.143 e. The highest BCUT2D eigenvalue weighted by molar-refractivity contribution is 7.26. The minimum atomic E-state index is 0.918. The molecule has 0 saturated carbocycles. The van der Waals surface area contributed by atoms with Crippen molar-refractivity contribution in [3.63, 3.8) is 0 Å². The van der Waals surface area contributed by atoms with Crippen molar-refractivity contribution in [2.45, 2.75) is 27.2 Å². The Hall–Kier alpha value is -15.2. The molecule has 7 nitrogen and oxygen atoms in total. The van der Waals surface area contributed by atoms with Crippen LogP contribution in [0, 0.1) is 6.92 Å². The zero-order chi connectivity index (χ0) is 79.4. The Bertz CT molecular complexity index is 8780. The summed E-state index contributed by atoms with van der Waals surface area (Å²) in [6.07, 6.45) is 9.43. The number of allylic oxidation sites excluding steroid dienone is 2. The summed E-state index contributed by atoms with van der Waals surface area (Å²) in [5.74, 6) is 0. The molecular weight excluding hydrogens is 1480 g/mol. The molecule has 0 amide bonds. The molecular formula is C112H74N4O3S. The van der Waals surface area contributed by atoms with Gasteiger partial charge in [0.25, 0.3) is 0 Å². The zero-order valence-corrected chi connectivity index (χ0v) is 66.7. The normalized spacial score (nSPS) is 12.4. The fourth-order valence-corrected chi connectivity index (χ4v) is 20.5. The number of fused-ring (bicyclic) bond motifs is 35. The standard InChI is InChI=1S/C35H23NO.C29H19NO.C25H17NS.C23H15NO/c1-3-10-26(11-4-1)36(27-12-5-2-6-13-27)28-17-18-33-31(21-28)32-22-30-25(20-34(32)37-33)19-24-16-15-23-9-7-8-14-29(23)35(24)30;1-2-7-17-12-13-25-22(14-17)23-15-24-27(16-26(23)30-25)31-29-21-11-6-4-9-19(21)18-8-3-5-10-20(18)28(24)29;1-2-5-15-8-11-23-18(12-15)19-13-22-20(14-24(19)27-23)25-17-7-4-3-6-16(17)9-10-21(25)26-22;1-13-6-8-19-16(10-13)17-12-22-18(11-20(17)24-19)23-15-5-3-2-4-14(15)7-9-21(23)25-22/h1-18,20-22H,19H2;2-16,30H,1H3;2-14,26H,1H3;2-12,24H,1H3/b;7-2+;5-2+;. The Morgan fingerprint density at radius 3 is 1.55 bits per heavy atom. The molecule has 3 N–H and O–H groups in total. The topological polar surface area (TPSA) is 90.0 Å². The van der Waals surface area contributed by atoms with Crippen LogP contribution in [0.2, 0.25) is 0 Å². The summed E-state index contributed by atoms with van der Waals surface area (Å²) in [4.78, 5) is 13.1. The lowest BCUT2D eigenvalue weighted by Gasteiger charge is -2.25. The van der Waals surface area contributed by atoms with E-state index in [4.69, 9.17) is 13.3 Å². The van der Waals surface area contributed by atoms with Gasteiger partial charge < -0.3 is 33.1 Å². The van der Waals surface area contributed by atoms with Gasteiger partial charge in [0.2, 0.25) is 0 Å². The van der Waals surface area contributed by atoms with Gasteiger partial charge in [0, 0.05) is 141 Å². The van der Waals surface area contributed by atoms with E-state index in [1.165, 1.54) is 178 Å². The number of anilines is 3. The van der Waals surface area contributed by atoms with Crippen molar-refractivity contribution in [2.24, 2.45) is 0 Å². The number of benzene rings is 19. The predicted octanol–water partition coefficient (Wildman–Crippen LogP) is 32.9. The fraction of sp³-hybridized carbons (Fsp3) is 0.0357. The van der Waals surface area contributed by atoms with E-state index in [-0.39, 0.29) is 0 Å². The van der Waals surface area contributed by atoms with E-state index >= 15 is 0 Å². The van der Waals surface area contributed by atoms with Crippen LogP contribution in [0.3, 0.4) is 0 Å². The third kappa shape index (κ3) is 11.2. The molecule has 7 aromatic heterocycles. The molecule has 0 fully saturated rings. The molecule has 120 heavy (non-hydrogen) atoms. The first-order valence-corrected chi connectivity index (χ1v) is 42.0. The van der Waals surface area contributed by atoms with E-state index in [1.807, 2.05) is 11.3 Å². The quantitative estimate of drug-likeness (QED) is 0.150. The van der Waals surface area contributed by atoms with Crippen LogP contribution in [0.4, 0.5) is 17.1 Å². The molecule has 7 heterocycles. The number of furan rings is 3. The average molecular weight is 1560 g/mol. The highest BCUT2D eigenvalue weighted by Gasteiger charge is 2.26. The van der Waals surface area contributed by atoms with E-state index in [2.05, 4.69) is 405 Å². The van der Waals surface area contributed by atoms with Crippen LogP contribution in [-0.4, -0.2) is 15.0 Å². The van der Waals surface area contributed by atoms with Crippen molar-refractivity contribution < 1.29 is 13.3 Å². The summed E-state index contributed by atoms with van der Waals surface area (Å²) >= 11 is 1.88. The Balaban J connectivity index is 0.0000000918. The van der Waals surface area contributed by atoms with Gasteiger partial charge in [-0.1, -0.05) is 230 Å². The van der Waals surface area contributed by atoms with E-state index in [9.17, 15) is 0 Å². The molecule has 27 rings (SSSR count). The largest absolute Gasteiger partial charge is 0.456 e. The van der Waals surface area contributed by atoms with Crippen LogP contribution in [0.5, 0.6) is 0 Å². The van der Waals surface area contributed by atoms with Crippen molar-refractivity contribution in [1.82, 2.24) is 15.0 Å². The summed E-state index contributed by atoms with van der Waals surface area (Å²) in [5, 5.41) is 29.9. The van der Waals surface area contributed by atoms with Gasteiger partial charge >= 0.3 is 0 Å². The summed E-state index contributed by atoms with van der Waals surface area (Å²) in [6, 6.07) is 122. The Morgan fingerprint density at radius 2 is 0.800 bits per heavy atom. The monoisotopic (exact) mass is 1550 g/mol. The lowest BCUT2D eigenvalue weighted by Crippen LogP contribution is -2.09. The number of nitrogens with one attached hydrogen (secondary N) is 3. The number of hydrogen-bond donors (Lipinski definition) is 3. The van der Waals surface area contributed by atoms with Gasteiger partial charge in [-0.2, -0.15) is 0 Å². The molecule has 0 unspecified atom stereocenters. The van der Waals surface area contributed by atoms with Crippen LogP contribution in [0.25, 0.3) is 229 Å². The van der Waals surface area contributed by atoms with E-state index < -0.39 is 0 Å². The number of hydrogen-bond acceptors (Lipinski definition) is 5. The van der Waals surface area contributed by atoms with Crippen molar-refractivity contribution >= 4 is 246 Å². The number of aryl methyl sites for hydroxylation is 1. The highest BCUT2D eigenvalue weighted by atomic mass is 32.1. The van der Waals surface area contributed by atoms with Crippen LogP contribution in [0.1, 0.15) is 41.7 Å². The second-order valence-corrected chi connectivity index (χ2v) is 33.0. The Kier molecular flexibility index (Phi) is 15.8. The first-order valence-electron chi connectivity index (χ1n) is 41.2. The summed E-state index contributed by atoms with van der Waals surface area (Å²) in [6.45, 7) is 6.24. The second-order valence-electron chi connectivity index (χ2n) is 31.9. The number of aromatic nitrogens is 3. The van der Waals surface area contributed by atoms with Crippen LogP contribution >= 0.6 is 11.3 Å². The number of nitrogens with zero attached hydrogens (tertiary/aromatic N) is 1. The third-order valence-electron chi connectivity index (χ3n) is 24.8. The predicted molar refractivity (Wildman–Crippen MR) is 513 cm³/mol.